The minimum atomic E-state index is -1.70. The van der Waals surface area contributed by atoms with Gasteiger partial charge in [0.25, 0.3) is 0 Å². The molecule has 0 aromatic heterocycles. The number of allylic oxidation sites excluding steroid dienone is 1. The number of ether oxygens (including phenoxy) is 2. The van der Waals surface area contributed by atoms with Crippen molar-refractivity contribution >= 4 is 18.2 Å². The van der Waals surface area contributed by atoms with E-state index in [9.17, 15) is 19.5 Å². The monoisotopic (exact) mass is 311 g/mol. The van der Waals surface area contributed by atoms with Crippen molar-refractivity contribution in [2.45, 2.75) is 32.1 Å². The van der Waals surface area contributed by atoms with E-state index in [0.717, 1.165) is 0 Å². The van der Waals surface area contributed by atoms with Gasteiger partial charge in [0, 0.05) is 20.5 Å². The van der Waals surface area contributed by atoms with Gasteiger partial charge >= 0.3 is 5.97 Å². The molecule has 1 amide bonds. The smallest absolute Gasteiger partial charge is 0.328 e. The van der Waals surface area contributed by atoms with Gasteiger partial charge in [0.1, 0.15) is 12.3 Å². The Kier molecular flexibility index (Phi) is 6.45. The van der Waals surface area contributed by atoms with E-state index in [1.807, 2.05) is 0 Å². The van der Waals surface area contributed by atoms with Crippen LogP contribution in [0.15, 0.2) is 23.8 Å². The van der Waals surface area contributed by atoms with Crippen molar-refractivity contribution in [2.24, 2.45) is 5.92 Å². The van der Waals surface area contributed by atoms with Crippen LogP contribution in [0.1, 0.15) is 20.3 Å². The molecule has 0 saturated carbocycles. The Labute approximate surface area is 129 Å². The number of esters is 1. The van der Waals surface area contributed by atoms with Crippen LogP contribution in [0.3, 0.4) is 0 Å². The fraction of sp³-hybridized carbons (Fsp3) is 0.533. The van der Waals surface area contributed by atoms with Crippen LogP contribution < -0.4 is 5.32 Å². The van der Waals surface area contributed by atoms with Crippen molar-refractivity contribution in [2.75, 3.05) is 13.7 Å². The highest BCUT2D eigenvalue weighted by Crippen LogP contribution is 2.28. The van der Waals surface area contributed by atoms with E-state index in [2.05, 4.69) is 5.32 Å². The third-order valence-electron chi connectivity index (χ3n) is 3.27. The Bertz CT molecular complexity index is 498. The van der Waals surface area contributed by atoms with Gasteiger partial charge in [0.05, 0.1) is 12.5 Å². The van der Waals surface area contributed by atoms with Crippen LogP contribution in [0, 0.1) is 5.92 Å². The number of rotatable bonds is 7. The number of nitrogens with one attached hydrogen (secondary N) is 1. The van der Waals surface area contributed by atoms with Gasteiger partial charge in [-0.05, 0) is 18.6 Å². The Morgan fingerprint density at radius 3 is 2.73 bits per heavy atom. The lowest BCUT2D eigenvalue weighted by Gasteiger charge is -2.30. The summed E-state index contributed by atoms with van der Waals surface area (Å²) in [6, 6.07) is -0.852. The molecule has 0 aromatic rings. The molecular weight excluding hydrogens is 290 g/mol. The summed E-state index contributed by atoms with van der Waals surface area (Å²) in [6.07, 6.45) is 5.11. The number of aliphatic hydroxyl groups is 1. The largest absolute Gasteiger partial charge is 0.464 e. The molecule has 0 fully saturated rings. The van der Waals surface area contributed by atoms with Crippen LogP contribution >= 0.6 is 0 Å². The molecule has 1 rings (SSSR count). The van der Waals surface area contributed by atoms with Gasteiger partial charge < -0.3 is 24.7 Å². The number of methoxy groups -OCH3 is 1. The standard InChI is InChI=1S/C15H21NO6/c1-4-22-14(19)13(16-10(2)18)8-11-5-6-15(20,21-3)12(7-11)9-17/h5-7,9,12-13,20H,4,8H2,1-3H3,(H,16,18)/t12?,13-,15?/m0/s1. The summed E-state index contributed by atoms with van der Waals surface area (Å²) >= 11 is 0. The molecule has 7 heteroatoms. The second-order valence-corrected chi connectivity index (χ2v) is 4.90. The maximum absolute atomic E-state index is 11.9. The van der Waals surface area contributed by atoms with E-state index in [0.29, 0.717) is 11.9 Å². The summed E-state index contributed by atoms with van der Waals surface area (Å²) in [5, 5.41) is 12.6. The van der Waals surface area contributed by atoms with Crippen LogP contribution in [0.25, 0.3) is 0 Å². The van der Waals surface area contributed by atoms with Crippen molar-refractivity contribution in [3.05, 3.63) is 23.8 Å². The predicted molar refractivity (Wildman–Crippen MR) is 77.6 cm³/mol. The zero-order valence-corrected chi connectivity index (χ0v) is 12.9. The fourth-order valence-electron chi connectivity index (χ4n) is 2.14. The van der Waals surface area contributed by atoms with Crippen molar-refractivity contribution in [3.63, 3.8) is 0 Å². The van der Waals surface area contributed by atoms with E-state index in [-0.39, 0.29) is 18.9 Å². The van der Waals surface area contributed by atoms with Crippen LogP contribution in [-0.4, -0.2) is 48.8 Å². The maximum Gasteiger partial charge on any atom is 0.328 e. The molecule has 2 unspecified atom stereocenters. The number of hydrogen-bond donors (Lipinski definition) is 2. The quantitative estimate of drug-likeness (QED) is 0.392. The molecule has 2 N–H and O–H groups in total. The summed E-state index contributed by atoms with van der Waals surface area (Å²) in [7, 11) is 1.29. The first-order valence-electron chi connectivity index (χ1n) is 6.92. The average Bonchev–Trinajstić information content (AvgIpc) is 2.48. The summed E-state index contributed by atoms with van der Waals surface area (Å²) in [5.74, 6) is -3.50. The molecule has 0 saturated heterocycles. The van der Waals surface area contributed by atoms with E-state index in [4.69, 9.17) is 9.47 Å². The van der Waals surface area contributed by atoms with Crippen molar-refractivity contribution in [1.82, 2.24) is 5.32 Å². The lowest BCUT2D eigenvalue weighted by molar-refractivity contribution is -0.173. The normalized spacial score (nSPS) is 25.1. The van der Waals surface area contributed by atoms with Gasteiger partial charge in [-0.2, -0.15) is 0 Å². The molecule has 0 aromatic carbocycles. The highest BCUT2D eigenvalue weighted by molar-refractivity contribution is 5.83. The van der Waals surface area contributed by atoms with Crippen molar-refractivity contribution < 1.29 is 29.0 Å². The van der Waals surface area contributed by atoms with E-state index < -0.39 is 23.7 Å². The first-order valence-corrected chi connectivity index (χ1v) is 6.92. The SMILES string of the molecule is CCOC(=O)[C@H](CC1=CC(C=O)C(O)(OC)C=C1)NC(C)=O. The number of aldehydes is 1. The number of carbonyl (C=O) groups is 3. The highest BCUT2D eigenvalue weighted by atomic mass is 16.6. The second kappa shape index (κ2) is 7.86. The number of amides is 1. The van der Waals surface area contributed by atoms with Crippen LogP contribution in [-0.2, 0) is 23.9 Å². The molecule has 1 aliphatic rings. The van der Waals surface area contributed by atoms with Gasteiger partial charge in [-0.1, -0.05) is 12.2 Å². The van der Waals surface area contributed by atoms with Crippen LogP contribution in [0.2, 0.25) is 0 Å². The molecule has 0 bridgehead atoms. The summed E-state index contributed by atoms with van der Waals surface area (Å²) in [6.45, 7) is 3.17. The topological polar surface area (TPSA) is 102 Å². The average molecular weight is 311 g/mol. The zero-order valence-electron chi connectivity index (χ0n) is 12.9. The Hall–Kier alpha value is -1.99. The molecule has 0 heterocycles. The molecule has 7 nitrogen and oxygen atoms in total. The first kappa shape index (κ1) is 18.1. The molecule has 0 aliphatic heterocycles. The Balaban J connectivity index is 2.90. The van der Waals surface area contributed by atoms with Gasteiger partial charge in [0.2, 0.25) is 5.91 Å². The van der Waals surface area contributed by atoms with Gasteiger partial charge in [-0.3, -0.25) is 4.79 Å². The maximum atomic E-state index is 11.9. The zero-order chi connectivity index (χ0) is 16.8. The van der Waals surface area contributed by atoms with Gasteiger partial charge in [-0.25, -0.2) is 4.79 Å². The molecule has 3 atom stereocenters. The third kappa shape index (κ3) is 4.51. The number of carbonyl (C=O) groups excluding carboxylic acids is 3. The lowest BCUT2D eigenvalue weighted by Crippen LogP contribution is -2.42. The van der Waals surface area contributed by atoms with E-state index in [1.54, 1.807) is 13.0 Å². The van der Waals surface area contributed by atoms with Crippen LogP contribution in [0.4, 0.5) is 0 Å². The molecular formula is C15H21NO6. The van der Waals surface area contributed by atoms with E-state index in [1.165, 1.54) is 26.2 Å². The molecule has 1 aliphatic carbocycles. The fourth-order valence-corrected chi connectivity index (χ4v) is 2.14. The molecule has 22 heavy (non-hydrogen) atoms. The Morgan fingerprint density at radius 2 is 2.23 bits per heavy atom. The van der Waals surface area contributed by atoms with E-state index >= 15 is 0 Å². The molecule has 122 valence electrons. The third-order valence-corrected chi connectivity index (χ3v) is 3.27. The number of hydrogen-bond acceptors (Lipinski definition) is 6. The van der Waals surface area contributed by atoms with Crippen LogP contribution in [0.5, 0.6) is 0 Å². The van der Waals surface area contributed by atoms with Crippen molar-refractivity contribution in [1.29, 1.82) is 0 Å². The van der Waals surface area contributed by atoms with Gasteiger partial charge in [0.15, 0.2) is 5.79 Å². The van der Waals surface area contributed by atoms with Gasteiger partial charge in [-0.15, -0.1) is 0 Å². The predicted octanol–water partition coefficient (Wildman–Crippen LogP) is 0.0906. The molecule has 0 radical (unpaired) electrons. The molecule has 0 spiro atoms. The second-order valence-electron chi connectivity index (χ2n) is 4.90. The highest BCUT2D eigenvalue weighted by Gasteiger charge is 2.36. The summed E-state index contributed by atoms with van der Waals surface area (Å²) in [4.78, 5) is 34.2. The van der Waals surface area contributed by atoms with Crippen molar-refractivity contribution in [3.8, 4) is 0 Å². The first-order chi connectivity index (χ1) is 10.4. The minimum Gasteiger partial charge on any atom is -0.464 e. The Morgan fingerprint density at radius 1 is 1.55 bits per heavy atom. The lowest BCUT2D eigenvalue weighted by atomic mass is 9.89. The minimum absolute atomic E-state index is 0.152. The summed E-state index contributed by atoms with van der Waals surface area (Å²) < 4.78 is 9.83. The summed E-state index contributed by atoms with van der Waals surface area (Å²) in [5.41, 5.74) is 0.616.